The molecule has 26 heavy (non-hydrogen) atoms. The lowest BCUT2D eigenvalue weighted by Crippen LogP contribution is -2.66. The molecule has 0 radical (unpaired) electrons. The zero-order chi connectivity index (χ0) is 18.1. The minimum Gasteiger partial charge on any atom is -0.364 e. The van der Waals surface area contributed by atoms with E-state index in [1.807, 2.05) is 43.3 Å². The second-order valence-electron chi connectivity index (χ2n) is 6.82. The maximum absolute atomic E-state index is 12.1. The molecular weight excluding hydrogens is 328 g/mol. The number of piperidine rings is 1. The average molecular weight is 348 g/mol. The third-order valence-electron chi connectivity index (χ3n) is 5.21. The third-order valence-corrected chi connectivity index (χ3v) is 5.21. The molecule has 1 aromatic carbocycles. The molecule has 2 aliphatic heterocycles. The predicted molar refractivity (Wildman–Crippen MR) is 96.5 cm³/mol. The van der Waals surface area contributed by atoms with E-state index in [4.69, 9.17) is 4.74 Å². The Morgan fingerprint density at radius 1 is 1.31 bits per heavy atom. The number of fused-ring (bicyclic) bond motifs is 1. The second-order valence-corrected chi connectivity index (χ2v) is 6.82. The summed E-state index contributed by atoms with van der Waals surface area (Å²) in [5.41, 5.74) is 1.94. The van der Waals surface area contributed by atoms with Crippen LogP contribution in [0.1, 0.15) is 23.2 Å². The molecule has 2 fully saturated rings. The largest absolute Gasteiger partial charge is 0.364 e. The minimum atomic E-state index is -0.538. The molecule has 0 saturated carbocycles. The van der Waals surface area contributed by atoms with Gasteiger partial charge in [0.25, 0.3) is 0 Å². The maximum Gasteiger partial charge on any atom is 0.246 e. The van der Waals surface area contributed by atoms with Crippen molar-refractivity contribution in [1.29, 1.82) is 5.26 Å². The normalized spacial score (nSPS) is 25.2. The number of aryl methyl sites for hydroxylation is 1. The second kappa shape index (κ2) is 6.43. The molecule has 2 aromatic rings. The molecule has 0 aliphatic carbocycles. The first-order valence-corrected chi connectivity index (χ1v) is 8.73. The van der Waals surface area contributed by atoms with Crippen molar-refractivity contribution in [3.05, 3.63) is 59.3 Å². The fourth-order valence-corrected chi connectivity index (χ4v) is 3.92. The van der Waals surface area contributed by atoms with Gasteiger partial charge in [-0.1, -0.05) is 30.3 Å². The van der Waals surface area contributed by atoms with E-state index < -0.39 is 5.54 Å². The fourth-order valence-electron chi connectivity index (χ4n) is 3.92. The van der Waals surface area contributed by atoms with Crippen LogP contribution < -0.4 is 10.2 Å². The van der Waals surface area contributed by atoms with E-state index in [-0.39, 0.29) is 18.6 Å². The lowest BCUT2D eigenvalue weighted by Gasteiger charge is -2.50. The number of amides is 1. The van der Waals surface area contributed by atoms with E-state index in [0.717, 1.165) is 11.3 Å². The molecule has 2 atom stereocenters. The van der Waals surface area contributed by atoms with Crippen LogP contribution in [-0.2, 0) is 15.1 Å². The van der Waals surface area contributed by atoms with E-state index in [0.29, 0.717) is 30.9 Å². The fraction of sp³-hybridized carbons (Fsp3) is 0.350. The number of aromatic nitrogens is 1. The number of benzene rings is 1. The summed E-state index contributed by atoms with van der Waals surface area (Å²) in [5.74, 6) is 0.597. The quantitative estimate of drug-likeness (QED) is 0.897. The first-order chi connectivity index (χ1) is 12.6. The van der Waals surface area contributed by atoms with Gasteiger partial charge in [-0.15, -0.1) is 0 Å². The van der Waals surface area contributed by atoms with Gasteiger partial charge in [-0.2, -0.15) is 5.26 Å². The van der Waals surface area contributed by atoms with Crippen LogP contribution in [0.3, 0.4) is 0 Å². The highest BCUT2D eigenvalue weighted by Crippen LogP contribution is 2.38. The van der Waals surface area contributed by atoms with Crippen LogP contribution >= 0.6 is 0 Å². The van der Waals surface area contributed by atoms with Crippen molar-refractivity contribution in [2.45, 2.75) is 25.0 Å². The Labute approximate surface area is 152 Å². The molecule has 4 rings (SSSR count). The van der Waals surface area contributed by atoms with Gasteiger partial charge in [0.05, 0.1) is 11.1 Å². The summed E-state index contributed by atoms with van der Waals surface area (Å²) in [5, 5.41) is 12.6. The molecule has 2 saturated heterocycles. The SMILES string of the molecule is Cc1ccc(C#N)c(N2CC[C@@]3(c4ccccc4)NC(=O)CO[C@@H]3C2)n1. The number of rotatable bonds is 2. The zero-order valence-corrected chi connectivity index (χ0v) is 14.6. The summed E-state index contributed by atoms with van der Waals surface area (Å²) in [6.07, 6.45) is 0.485. The molecule has 3 heterocycles. The Morgan fingerprint density at radius 3 is 2.88 bits per heavy atom. The number of hydrogen-bond acceptors (Lipinski definition) is 5. The van der Waals surface area contributed by atoms with Crippen molar-refractivity contribution < 1.29 is 9.53 Å². The monoisotopic (exact) mass is 348 g/mol. The maximum atomic E-state index is 12.1. The number of nitrogens with zero attached hydrogens (tertiary/aromatic N) is 3. The smallest absolute Gasteiger partial charge is 0.246 e. The summed E-state index contributed by atoms with van der Waals surface area (Å²) in [6.45, 7) is 3.22. The minimum absolute atomic E-state index is 0.0550. The Bertz CT molecular complexity index is 877. The van der Waals surface area contributed by atoms with Gasteiger partial charge in [0, 0.05) is 18.8 Å². The van der Waals surface area contributed by atoms with Crippen LogP contribution in [0.15, 0.2) is 42.5 Å². The molecule has 6 heteroatoms. The lowest BCUT2D eigenvalue weighted by atomic mass is 9.77. The van der Waals surface area contributed by atoms with E-state index in [1.165, 1.54) is 0 Å². The standard InChI is InChI=1S/C20H20N4O2/c1-14-7-8-15(11-21)19(22-14)24-10-9-20(16-5-3-2-4-6-16)17(12-24)26-13-18(25)23-20/h2-8,17H,9-10,12-13H2,1H3,(H,23,25)/t17-,20+/m1/s1. The van der Waals surface area contributed by atoms with E-state index >= 15 is 0 Å². The van der Waals surface area contributed by atoms with Gasteiger partial charge in [0.15, 0.2) is 0 Å². The van der Waals surface area contributed by atoms with Gasteiger partial charge in [-0.05, 0) is 31.0 Å². The molecule has 1 amide bonds. The van der Waals surface area contributed by atoms with Gasteiger partial charge in [-0.3, -0.25) is 4.79 Å². The Hall–Kier alpha value is -2.91. The number of carbonyl (C=O) groups is 1. The van der Waals surface area contributed by atoms with E-state index in [9.17, 15) is 10.1 Å². The lowest BCUT2D eigenvalue weighted by molar-refractivity contribution is -0.146. The summed E-state index contributed by atoms with van der Waals surface area (Å²) >= 11 is 0. The van der Waals surface area contributed by atoms with E-state index in [2.05, 4.69) is 21.3 Å². The number of ether oxygens (including phenoxy) is 1. The van der Waals surface area contributed by atoms with Gasteiger partial charge in [0.1, 0.15) is 24.6 Å². The number of pyridine rings is 1. The van der Waals surface area contributed by atoms with Crippen LogP contribution in [-0.4, -0.2) is 36.7 Å². The van der Waals surface area contributed by atoms with Crippen LogP contribution in [0.4, 0.5) is 5.82 Å². The number of carbonyl (C=O) groups excluding carboxylic acids is 1. The number of nitriles is 1. The molecule has 132 valence electrons. The molecule has 2 aliphatic rings. The summed E-state index contributed by atoms with van der Waals surface area (Å²) in [4.78, 5) is 18.8. The molecule has 6 nitrogen and oxygen atoms in total. The molecular formula is C20H20N4O2. The highest BCUT2D eigenvalue weighted by molar-refractivity contribution is 5.79. The topological polar surface area (TPSA) is 78.2 Å². The first-order valence-electron chi connectivity index (χ1n) is 8.73. The summed E-state index contributed by atoms with van der Waals surface area (Å²) in [6, 6.07) is 15.9. The van der Waals surface area contributed by atoms with Crippen molar-refractivity contribution in [2.24, 2.45) is 0 Å². The van der Waals surface area contributed by atoms with Crippen molar-refractivity contribution in [3.8, 4) is 6.07 Å². The highest BCUT2D eigenvalue weighted by atomic mass is 16.5. The summed E-state index contributed by atoms with van der Waals surface area (Å²) in [7, 11) is 0. The molecule has 1 aromatic heterocycles. The van der Waals surface area contributed by atoms with Gasteiger partial charge >= 0.3 is 0 Å². The van der Waals surface area contributed by atoms with Crippen molar-refractivity contribution >= 4 is 11.7 Å². The van der Waals surface area contributed by atoms with Crippen molar-refractivity contribution in [1.82, 2.24) is 10.3 Å². The van der Waals surface area contributed by atoms with Crippen LogP contribution in [0.2, 0.25) is 0 Å². The number of anilines is 1. The van der Waals surface area contributed by atoms with Gasteiger partial charge in [-0.25, -0.2) is 4.98 Å². The van der Waals surface area contributed by atoms with E-state index in [1.54, 1.807) is 6.07 Å². The van der Waals surface area contributed by atoms with Crippen molar-refractivity contribution in [3.63, 3.8) is 0 Å². The number of hydrogen-bond donors (Lipinski definition) is 1. The molecule has 0 spiro atoms. The number of nitrogens with one attached hydrogen (secondary N) is 1. The Morgan fingerprint density at radius 2 is 2.12 bits per heavy atom. The Kier molecular flexibility index (Phi) is 4.09. The zero-order valence-electron chi connectivity index (χ0n) is 14.6. The predicted octanol–water partition coefficient (Wildman–Crippen LogP) is 1.88. The van der Waals surface area contributed by atoms with Gasteiger partial charge < -0.3 is 15.0 Å². The Balaban J connectivity index is 1.69. The molecule has 0 bridgehead atoms. The van der Waals surface area contributed by atoms with Crippen molar-refractivity contribution in [2.75, 3.05) is 24.6 Å². The highest BCUT2D eigenvalue weighted by Gasteiger charge is 2.49. The molecule has 1 N–H and O–H groups in total. The van der Waals surface area contributed by atoms with Crippen LogP contribution in [0.5, 0.6) is 0 Å². The van der Waals surface area contributed by atoms with Crippen LogP contribution in [0.25, 0.3) is 0 Å². The third kappa shape index (κ3) is 2.71. The van der Waals surface area contributed by atoms with Gasteiger partial charge in [0.2, 0.25) is 5.91 Å². The number of morpholine rings is 1. The first kappa shape index (κ1) is 16.6. The average Bonchev–Trinajstić information content (AvgIpc) is 2.68. The molecule has 0 unspecified atom stereocenters. The summed E-state index contributed by atoms with van der Waals surface area (Å²) < 4.78 is 5.94. The van der Waals surface area contributed by atoms with Crippen LogP contribution in [0, 0.1) is 18.3 Å².